The molecule has 0 aliphatic carbocycles. The van der Waals surface area contributed by atoms with Crippen LogP contribution in [0.25, 0.3) is 0 Å². The second kappa shape index (κ2) is 5.49. The smallest absolute Gasteiger partial charge is 0.241 e. The van der Waals surface area contributed by atoms with Crippen molar-refractivity contribution in [2.45, 2.75) is 24.6 Å². The van der Waals surface area contributed by atoms with Gasteiger partial charge in [-0.15, -0.1) is 0 Å². The lowest BCUT2D eigenvalue weighted by Gasteiger charge is -2.21. The zero-order valence-electron chi connectivity index (χ0n) is 9.20. The Morgan fingerprint density at radius 3 is 2.80 bits per heavy atom. The van der Waals surface area contributed by atoms with Crippen LogP contribution in [0.3, 0.4) is 0 Å². The summed E-state index contributed by atoms with van der Waals surface area (Å²) < 4.78 is 0. The fourth-order valence-electron chi connectivity index (χ4n) is 1.55. The van der Waals surface area contributed by atoms with Crippen LogP contribution in [-0.2, 0) is 9.59 Å². The minimum atomic E-state index is -0.159. The molecule has 0 saturated carbocycles. The number of halogens is 1. The molecule has 1 fully saturated rings. The Bertz CT molecular complexity index is 258. The number of nitrogens with zero attached hydrogens (tertiary/aromatic N) is 2. The summed E-state index contributed by atoms with van der Waals surface area (Å²) in [5.41, 5.74) is 0. The van der Waals surface area contributed by atoms with E-state index in [0.717, 1.165) is 19.4 Å². The third-order valence-electron chi connectivity index (χ3n) is 2.61. The van der Waals surface area contributed by atoms with Crippen LogP contribution in [0, 0.1) is 0 Å². The van der Waals surface area contributed by atoms with Crippen molar-refractivity contribution in [3.05, 3.63) is 0 Å². The molecular formula is C10H17BrN2O2. The summed E-state index contributed by atoms with van der Waals surface area (Å²) in [6, 6.07) is 0. The Hall–Kier alpha value is -0.580. The summed E-state index contributed by atoms with van der Waals surface area (Å²) in [7, 11) is 1.78. The first-order chi connectivity index (χ1) is 7.06. The van der Waals surface area contributed by atoms with Gasteiger partial charge < -0.3 is 9.80 Å². The summed E-state index contributed by atoms with van der Waals surface area (Å²) in [6.45, 7) is 3.58. The minimum absolute atomic E-state index is 0.0247. The average molecular weight is 277 g/mol. The Morgan fingerprint density at radius 2 is 2.20 bits per heavy atom. The van der Waals surface area contributed by atoms with E-state index in [9.17, 15) is 9.59 Å². The van der Waals surface area contributed by atoms with Crippen LogP contribution < -0.4 is 0 Å². The van der Waals surface area contributed by atoms with E-state index in [1.54, 1.807) is 16.8 Å². The molecule has 4 nitrogen and oxygen atoms in total. The number of carbonyl (C=O) groups is 2. The predicted molar refractivity (Wildman–Crippen MR) is 61.8 cm³/mol. The molecule has 0 N–H and O–H groups in total. The van der Waals surface area contributed by atoms with Crippen molar-refractivity contribution in [3.8, 4) is 0 Å². The molecule has 0 radical (unpaired) electrons. The van der Waals surface area contributed by atoms with Gasteiger partial charge in [0.15, 0.2) is 0 Å². The zero-order valence-corrected chi connectivity index (χ0v) is 10.8. The fourth-order valence-corrected chi connectivity index (χ4v) is 1.84. The monoisotopic (exact) mass is 276 g/mol. The van der Waals surface area contributed by atoms with E-state index >= 15 is 0 Å². The maximum Gasteiger partial charge on any atom is 0.241 e. The van der Waals surface area contributed by atoms with Gasteiger partial charge in [0.2, 0.25) is 11.8 Å². The molecule has 5 heteroatoms. The van der Waals surface area contributed by atoms with Gasteiger partial charge in [-0.05, 0) is 12.8 Å². The van der Waals surface area contributed by atoms with Crippen LogP contribution in [-0.4, -0.2) is 53.1 Å². The van der Waals surface area contributed by atoms with Crippen molar-refractivity contribution in [1.29, 1.82) is 0 Å². The Labute approximate surface area is 98.7 Å². The van der Waals surface area contributed by atoms with E-state index in [4.69, 9.17) is 0 Å². The van der Waals surface area contributed by atoms with Crippen molar-refractivity contribution in [3.63, 3.8) is 0 Å². The molecule has 2 amide bonds. The van der Waals surface area contributed by atoms with Crippen LogP contribution in [0.2, 0.25) is 0 Å². The van der Waals surface area contributed by atoms with E-state index in [1.165, 1.54) is 0 Å². The van der Waals surface area contributed by atoms with Crippen molar-refractivity contribution < 1.29 is 9.59 Å². The third-order valence-corrected chi connectivity index (χ3v) is 3.65. The molecule has 1 aliphatic rings. The predicted octanol–water partition coefficient (Wildman–Crippen LogP) is 0.851. The number of carbonyl (C=O) groups excluding carboxylic acids is 2. The lowest BCUT2D eigenvalue weighted by Crippen LogP contribution is -2.41. The minimum Gasteiger partial charge on any atom is -0.344 e. The molecule has 1 rings (SSSR count). The molecule has 1 heterocycles. The van der Waals surface area contributed by atoms with Gasteiger partial charge in [0.1, 0.15) is 0 Å². The lowest BCUT2D eigenvalue weighted by atomic mass is 10.3. The highest BCUT2D eigenvalue weighted by atomic mass is 79.9. The first-order valence-corrected chi connectivity index (χ1v) is 6.14. The normalized spacial score (nSPS) is 20.1. The number of amides is 2. The van der Waals surface area contributed by atoms with E-state index in [-0.39, 0.29) is 23.2 Å². The van der Waals surface area contributed by atoms with Gasteiger partial charge in [0.05, 0.1) is 11.4 Å². The van der Waals surface area contributed by atoms with Crippen LogP contribution in [0.5, 0.6) is 0 Å². The zero-order chi connectivity index (χ0) is 11.4. The number of hydrogen-bond donors (Lipinski definition) is 0. The summed E-state index contributed by atoms with van der Waals surface area (Å²) in [4.78, 5) is 26.6. The average Bonchev–Trinajstić information content (AvgIpc) is 2.39. The van der Waals surface area contributed by atoms with Gasteiger partial charge in [-0.3, -0.25) is 9.59 Å². The first-order valence-electron chi connectivity index (χ1n) is 5.23. The van der Waals surface area contributed by atoms with Gasteiger partial charge in [-0.1, -0.05) is 22.9 Å². The maximum absolute atomic E-state index is 11.8. The van der Waals surface area contributed by atoms with E-state index in [1.807, 2.05) is 6.92 Å². The Morgan fingerprint density at radius 1 is 1.53 bits per heavy atom. The van der Waals surface area contributed by atoms with Gasteiger partial charge in [-0.2, -0.15) is 0 Å². The molecule has 0 aromatic rings. The van der Waals surface area contributed by atoms with E-state index in [0.29, 0.717) is 6.54 Å². The third kappa shape index (κ3) is 3.19. The van der Waals surface area contributed by atoms with Gasteiger partial charge in [-0.25, -0.2) is 0 Å². The fraction of sp³-hybridized carbons (Fsp3) is 0.800. The van der Waals surface area contributed by atoms with E-state index < -0.39 is 0 Å². The highest BCUT2D eigenvalue weighted by Gasteiger charge is 2.25. The molecule has 86 valence electrons. The largest absolute Gasteiger partial charge is 0.344 e. The number of likely N-dealkylation sites (N-methyl/N-ethyl adjacent to an activating group) is 1. The highest BCUT2D eigenvalue weighted by molar-refractivity contribution is 9.10. The van der Waals surface area contributed by atoms with E-state index in [2.05, 4.69) is 15.9 Å². The molecule has 1 aliphatic heterocycles. The molecular weight excluding hydrogens is 260 g/mol. The quantitative estimate of drug-likeness (QED) is 0.702. The highest BCUT2D eigenvalue weighted by Crippen LogP contribution is 2.11. The SMILES string of the molecule is CCC(Br)C(=O)N1CCCN(C)C(=O)C1. The second-order valence-corrected chi connectivity index (χ2v) is 4.91. The van der Waals surface area contributed by atoms with Crippen molar-refractivity contribution >= 4 is 27.7 Å². The second-order valence-electron chi connectivity index (χ2n) is 3.80. The summed E-state index contributed by atoms with van der Waals surface area (Å²) in [5, 5.41) is 0. The Balaban J connectivity index is 2.62. The van der Waals surface area contributed by atoms with Crippen LogP contribution in [0.15, 0.2) is 0 Å². The molecule has 0 aromatic carbocycles. The number of hydrogen-bond acceptors (Lipinski definition) is 2. The number of rotatable bonds is 2. The maximum atomic E-state index is 11.8. The standard InChI is InChI=1S/C10H17BrN2O2/c1-3-8(11)10(15)13-6-4-5-12(2)9(14)7-13/h8H,3-7H2,1-2H3. The Kier molecular flexibility index (Phi) is 4.57. The van der Waals surface area contributed by atoms with Crippen molar-refractivity contribution in [2.24, 2.45) is 0 Å². The van der Waals surface area contributed by atoms with Crippen molar-refractivity contribution in [1.82, 2.24) is 9.80 Å². The molecule has 1 atom stereocenters. The summed E-state index contributed by atoms with van der Waals surface area (Å²) in [5.74, 6) is 0.0535. The van der Waals surface area contributed by atoms with Gasteiger partial charge in [0.25, 0.3) is 0 Å². The van der Waals surface area contributed by atoms with Crippen molar-refractivity contribution in [2.75, 3.05) is 26.7 Å². The van der Waals surface area contributed by atoms with Gasteiger partial charge >= 0.3 is 0 Å². The molecule has 15 heavy (non-hydrogen) atoms. The first kappa shape index (κ1) is 12.5. The molecule has 0 aromatic heterocycles. The topological polar surface area (TPSA) is 40.6 Å². The lowest BCUT2D eigenvalue weighted by molar-refractivity contribution is -0.137. The summed E-state index contributed by atoms with van der Waals surface area (Å²) >= 11 is 3.32. The van der Waals surface area contributed by atoms with Crippen LogP contribution in [0.1, 0.15) is 19.8 Å². The molecule has 1 unspecified atom stereocenters. The van der Waals surface area contributed by atoms with Gasteiger partial charge in [0, 0.05) is 20.1 Å². The molecule has 0 bridgehead atoms. The van der Waals surface area contributed by atoms with Crippen LogP contribution in [0.4, 0.5) is 0 Å². The number of alkyl halides is 1. The summed E-state index contributed by atoms with van der Waals surface area (Å²) in [6.07, 6.45) is 1.61. The molecule has 1 saturated heterocycles. The molecule has 0 spiro atoms. The van der Waals surface area contributed by atoms with Crippen LogP contribution >= 0.6 is 15.9 Å².